The molecule has 7 heteroatoms. The second-order valence-corrected chi connectivity index (χ2v) is 9.28. The minimum Gasteiger partial charge on any atom is -0.462 e. The molecule has 0 fully saturated rings. The molecule has 1 N–H and O–H groups in total. The van der Waals surface area contributed by atoms with Gasteiger partial charge in [0.15, 0.2) is 0 Å². The van der Waals surface area contributed by atoms with E-state index in [2.05, 4.69) is 5.32 Å². The molecule has 28 heavy (non-hydrogen) atoms. The maximum atomic E-state index is 13.0. The number of carbonyl (C=O) groups excluding carboxylic acids is 2. The van der Waals surface area contributed by atoms with Gasteiger partial charge in [-0.05, 0) is 43.7 Å². The standard InChI is InChI=1S/C21H20ClNO3S2/c1-2-11-26-21(25)16-12-7-3-5-9-14(12)28-20(16)23-19(24)18-17(22)13-8-4-6-10-15(13)27-18/h4,6,8,10H,2-3,5,7,9,11H2,1H3,(H,23,24). The lowest BCUT2D eigenvalue weighted by atomic mass is 9.95. The van der Waals surface area contributed by atoms with Gasteiger partial charge >= 0.3 is 5.97 Å². The van der Waals surface area contributed by atoms with Gasteiger partial charge in [-0.2, -0.15) is 0 Å². The summed E-state index contributed by atoms with van der Waals surface area (Å²) in [6.45, 7) is 2.33. The Morgan fingerprint density at radius 1 is 1.18 bits per heavy atom. The molecule has 3 aromatic rings. The van der Waals surface area contributed by atoms with Gasteiger partial charge in [0, 0.05) is 15.0 Å². The number of ether oxygens (including phenoxy) is 1. The maximum Gasteiger partial charge on any atom is 0.341 e. The number of fused-ring (bicyclic) bond motifs is 2. The Balaban J connectivity index is 1.68. The van der Waals surface area contributed by atoms with Gasteiger partial charge in [0.25, 0.3) is 5.91 Å². The number of anilines is 1. The van der Waals surface area contributed by atoms with Gasteiger partial charge in [-0.3, -0.25) is 4.79 Å². The minimum absolute atomic E-state index is 0.283. The molecule has 0 bridgehead atoms. The summed E-state index contributed by atoms with van der Waals surface area (Å²) in [5, 5.41) is 4.84. The van der Waals surface area contributed by atoms with Crippen LogP contribution in [0, 0.1) is 0 Å². The van der Waals surface area contributed by atoms with E-state index in [9.17, 15) is 9.59 Å². The van der Waals surface area contributed by atoms with Crippen molar-refractivity contribution in [3.05, 3.63) is 50.2 Å². The van der Waals surface area contributed by atoms with Gasteiger partial charge < -0.3 is 10.1 Å². The largest absolute Gasteiger partial charge is 0.462 e. The van der Waals surface area contributed by atoms with E-state index in [4.69, 9.17) is 16.3 Å². The van der Waals surface area contributed by atoms with Gasteiger partial charge in [-0.1, -0.05) is 36.7 Å². The number of nitrogens with one attached hydrogen (secondary N) is 1. The lowest BCUT2D eigenvalue weighted by Gasteiger charge is -2.12. The zero-order valence-corrected chi connectivity index (χ0v) is 17.9. The van der Waals surface area contributed by atoms with Crippen LogP contribution in [0.1, 0.15) is 56.7 Å². The number of hydrogen-bond acceptors (Lipinski definition) is 5. The molecule has 1 amide bonds. The van der Waals surface area contributed by atoms with Crippen molar-refractivity contribution in [2.75, 3.05) is 11.9 Å². The monoisotopic (exact) mass is 433 g/mol. The van der Waals surface area contributed by atoms with E-state index in [1.165, 1.54) is 27.6 Å². The second kappa shape index (κ2) is 8.23. The fourth-order valence-electron chi connectivity index (χ4n) is 3.46. The highest BCUT2D eigenvalue weighted by Gasteiger charge is 2.28. The molecular weight excluding hydrogens is 414 g/mol. The third-order valence-corrected chi connectivity index (χ3v) is 7.66. The molecule has 0 radical (unpaired) electrons. The highest BCUT2D eigenvalue weighted by Crippen LogP contribution is 2.40. The van der Waals surface area contributed by atoms with Crippen molar-refractivity contribution in [3.63, 3.8) is 0 Å². The average molecular weight is 434 g/mol. The van der Waals surface area contributed by atoms with Crippen LogP contribution in [-0.4, -0.2) is 18.5 Å². The molecule has 0 saturated carbocycles. The third kappa shape index (κ3) is 3.56. The van der Waals surface area contributed by atoms with Gasteiger partial charge in [0.05, 0.1) is 17.2 Å². The maximum absolute atomic E-state index is 13.0. The molecule has 0 spiro atoms. The molecular formula is C21H20ClNO3S2. The predicted octanol–water partition coefficient (Wildman–Crippen LogP) is 6.31. The van der Waals surface area contributed by atoms with Crippen molar-refractivity contribution >= 4 is 61.2 Å². The highest BCUT2D eigenvalue weighted by atomic mass is 35.5. The zero-order chi connectivity index (χ0) is 19.7. The normalized spacial score (nSPS) is 13.4. The number of carbonyl (C=O) groups is 2. The molecule has 1 aliphatic carbocycles. The Bertz CT molecular complexity index is 1050. The van der Waals surface area contributed by atoms with E-state index in [0.717, 1.165) is 47.8 Å². The van der Waals surface area contributed by atoms with Crippen LogP contribution in [0.5, 0.6) is 0 Å². The van der Waals surface area contributed by atoms with Crippen molar-refractivity contribution in [2.24, 2.45) is 0 Å². The van der Waals surface area contributed by atoms with Gasteiger partial charge in [0.2, 0.25) is 0 Å². The summed E-state index contributed by atoms with van der Waals surface area (Å²) in [4.78, 5) is 27.3. The number of halogens is 1. The first-order chi connectivity index (χ1) is 13.6. The van der Waals surface area contributed by atoms with Crippen molar-refractivity contribution < 1.29 is 14.3 Å². The SMILES string of the molecule is CCCOC(=O)c1c(NC(=O)c2sc3ccccc3c2Cl)sc2c1CCCC2. The number of esters is 1. The summed E-state index contributed by atoms with van der Waals surface area (Å²) < 4.78 is 6.36. The molecule has 1 aliphatic rings. The molecule has 2 aromatic heterocycles. The lowest BCUT2D eigenvalue weighted by molar-refractivity contribution is 0.0505. The quantitative estimate of drug-likeness (QED) is 0.479. The number of benzene rings is 1. The minimum atomic E-state index is -0.348. The third-order valence-electron chi connectivity index (χ3n) is 4.78. The van der Waals surface area contributed by atoms with E-state index in [1.807, 2.05) is 31.2 Å². The smallest absolute Gasteiger partial charge is 0.341 e. The van der Waals surface area contributed by atoms with Crippen molar-refractivity contribution in [1.82, 2.24) is 0 Å². The Morgan fingerprint density at radius 2 is 1.96 bits per heavy atom. The summed E-state index contributed by atoms with van der Waals surface area (Å²) in [6, 6.07) is 7.67. The first-order valence-electron chi connectivity index (χ1n) is 9.40. The number of hydrogen-bond donors (Lipinski definition) is 1. The van der Waals surface area contributed by atoms with Gasteiger partial charge in [0.1, 0.15) is 9.88 Å². The Labute approximate surface area is 176 Å². The van der Waals surface area contributed by atoms with Crippen LogP contribution in [0.4, 0.5) is 5.00 Å². The molecule has 4 nitrogen and oxygen atoms in total. The molecule has 1 aromatic carbocycles. The number of rotatable bonds is 5. The number of aryl methyl sites for hydroxylation is 1. The molecule has 2 heterocycles. The average Bonchev–Trinajstić information content (AvgIpc) is 3.24. The highest BCUT2D eigenvalue weighted by molar-refractivity contribution is 7.22. The number of amides is 1. The van der Waals surface area contributed by atoms with Crippen LogP contribution < -0.4 is 5.32 Å². The summed E-state index contributed by atoms with van der Waals surface area (Å²) in [7, 11) is 0. The summed E-state index contributed by atoms with van der Waals surface area (Å²) in [5.41, 5.74) is 1.56. The first-order valence-corrected chi connectivity index (χ1v) is 11.4. The van der Waals surface area contributed by atoms with Crippen LogP contribution in [0.25, 0.3) is 10.1 Å². The Hall–Kier alpha value is -1.89. The number of thiophene rings is 2. The van der Waals surface area contributed by atoms with E-state index < -0.39 is 0 Å². The van der Waals surface area contributed by atoms with E-state index >= 15 is 0 Å². The topological polar surface area (TPSA) is 55.4 Å². The molecule has 0 saturated heterocycles. The Kier molecular flexibility index (Phi) is 5.71. The molecule has 0 aliphatic heterocycles. The fraction of sp³-hybridized carbons (Fsp3) is 0.333. The van der Waals surface area contributed by atoms with Crippen molar-refractivity contribution in [3.8, 4) is 0 Å². The molecule has 0 unspecified atom stereocenters. The zero-order valence-electron chi connectivity index (χ0n) is 15.5. The van der Waals surface area contributed by atoms with Crippen LogP contribution in [0.3, 0.4) is 0 Å². The predicted molar refractivity (Wildman–Crippen MR) is 116 cm³/mol. The molecule has 146 valence electrons. The van der Waals surface area contributed by atoms with E-state index in [0.29, 0.717) is 27.1 Å². The van der Waals surface area contributed by atoms with Crippen LogP contribution in [0.15, 0.2) is 24.3 Å². The fourth-order valence-corrected chi connectivity index (χ4v) is 6.14. The summed E-state index contributed by atoms with van der Waals surface area (Å²) in [6.07, 6.45) is 4.70. The molecule has 4 rings (SSSR count). The van der Waals surface area contributed by atoms with Crippen LogP contribution in [0.2, 0.25) is 5.02 Å². The van der Waals surface area contributed by atoms with Crippen LogP contribution in [-0.2, 0) is 17.6 Å². The first kappa shape index (κ1) is 19.4. The van der Waals surface area contributed by atoms with E-state index in [-0.39, 0.29) is 11.9 Å². The summed E-state index contributed by atoms with van der Waals surface area (Å²) in [5.74, 6) is -0.631. The van der Waals surface area contributed by atoms with Crippen molar-refractivity contribution in [1.29, 1.82) is 0 Å². The second-order valence-electron chi connectivity index (χ2n) is 6.75. The van der Waals surface area contributed by atoms with Gasteiger partial charge in [-0.15, -0.1) is 22.7 Å². The van der Waals surface area contributed by atoms with Crippen LogP contribution >= 0.6 is 34.3 Å². The lowest BCUT2D eigenvalue weighted by Crippen LogP contribution is -2.15. The molecule has 0 atom stereocenters. The Morgan fingerprint density at radius 3 is 2.75 bits per heavy atom. The van der Waals surface area contributed by atoms with Crippen molar-refractivity contribution in [2.45, 2.75) is 39.0 Å². The van der Waals surface area contributed by atoms with E-state index in [1.54, 1.807) is 0 Å². The summed E-state index contributed by atoms with van der Waals surface area (Å²) >= 11 is 9.30. The van der Waals surface area contributed by atoms with Gasteiger partial charge in [-0.25, -0.2) is 4.79 Å².